The van der Waals surface area contributed by atoms with Gasteiger partial charge in [-0.2, -0.15) is 4.98 Å². The van der Waals surface area contributed by atoms with Gasteiger partial charge >= 0.3 is 0 Å². The second-order valence-corrected chi connectivity index (χ2v) is 3.98. The maximum Gasteiger partial charge on any atom is 0.239 e. The number of anilines is 2. The molecule has 2 rings (SSSR count). The van der Waals surface area contributed by atoms with Gasteiger partial charge < -0.3 is 5.32 Å². The summed E-state index contributed by atoms with van der Waals surface area (Å²) in [5, 5.41) is 10.7. The van der Waals surface area contributed by atoms with Gasteiger partial charge in [0.1, 0.15) is 5.82 Å². The molecular weight excluding hydrogens is 288 g/mol. The van der Waals surface area contributed by atoms with E-state index in [0.717, 1.165) is 4.47 Å². The van der Waals surface area contributed by atoms with Crippen LogP contribution in [0.2, 0.25) is 0 Å². The van der Waals surface area contributed by atoms with Gasteiger partial charge in [-0.05, 0) is 15.9 Å². The third-order valence-corrected chi connectivity index (χ3v) is 2.56. The molecule has 0 bridgehead atoms. The Bertz CT molecular complexity index is 470. The average molecular weight is 299 g/mol. The number of nitrogens with two attached hydrogens (primary N) is 1. The Morgan fingerprint density at radius 3 is 3.06 bits per heavy atom. The fourth-order valence-corrected chi connectivity index (χ4v) is 1.53. The molecule has 0 fully saturated rings. The van der Waals surface area contributed by atoms with E-state index in [1.165, 1.54) is 0 Å². The van der Waals surface area contributed by atoms with E-state index in [0.29, 0.717) is 24.9 Å². The van der Waals surface area contributed by atoms with Gasteiger partial charge in [-0.15, -0.1) is 5.10 Å². The lowest BCUT2D eigenvalue weighted by molar-refractivity contribution is 0.608. The van der Waals surface area contributed by atoms with Crippen LogP contribution in [0.4, 0.5) is 11.8 Å². The highest BCUT2D eigenvalue weighted by molar-refractivity contribution is 9.10. The van der Waals surface area contributed by atoms with Crippen LogP contribution < -0.4 is 16.6 Å². The van der Waals surface area contributed by atoms with E-state index in [1.54, 1.807) is 23.3 Å². The molecule has 0 spiro atoms. The lowest BCUT2D eigenvalue weighted by Gasteiger charge is -2.08. The molecule has 17 heavy (non-hydrogen) atoms. The summed E-state index contributed by atoms with van der Waals surface area (Å²) in [4.78, 5) is 8.11. The van der Waals surface area contributed by atoms with Crippen LogP contribution in [0.1, 0.15) is 0 Å². The van der Waals surface area contributed by atoms with Crippen molar-refractivity contribution in [2.24, 2.45) is 5.84 Å². The van der Waals surface area contributed by atoms with Crippen molar-refractivity contribution in [3.63, 3.8) is 0 Å². The zero-order valence-electron chi connectivity index (χ0n) is 8.84. The molecular formula is C8H11BrN8. The first-order valence-electron chi connectivity index (χ1n) is 4.86. The number of hydrogen-bond donors (Lipinski definition) is 3. The number of nitrogen functional groups attached to an aromatic ring is 1. The molecule has 0 unspecified atom stereocenters. The molecule has 0 aliphatic carbocycles. The maximum absolute atomic E-state index is 5.23. The van der Waals surface area contributed by atoms with Gasteiger partial charge in [-0.1, -0.05) is 5.21 Å². The van der Waals surface area contributed by atoms with E-state index in [9.17, 15) is 0 Å². The Hall–Kier alpha value is -1.74. The molecule has 8 nitrogen and oxygen atoms in total. The Labute approximate surface area is 106 Å². The summed E-state index contributed by atoms with van der Waals surface area (Å²) in [7, 11) is 0. The van der Waals surface area contributed by atoms with Gasteiger partial charge in [-0.25, -0.2) is 10.8 Å². The summed E-state index contributed by atoms with van der Waals surface area (Å²) in [5.41, 5.74) is 2.39. The Balaban J connectivity index is 1.94. The van der Waals surface area contributed by atoms with Crippen LogP contribution in [0.15, 0.2) is 23.1 Å². The summed E-state index contributed by atoms with van der Waals surface area (Å²) >= 11 is 3.35. The van der Waals surface area contributed by atoms with Gasteiger partial charge in [-0.3, -0.25) is 10.1 Å². The predicted molar refractivity (Wildman–Crippen MR) is 66.1 cm³/mol. The lowest BCUT2D eigenvalue weighted by Crippen LogP contribution is -2.15. The van der Waals surface area contributed by atoms with Crippen molar-refractivity contribution < 1.29 is 0 Å². The van der Waals surface area contributed by atoms with Crippen LogP contribution in [0, 0.1) is 0 Å². The molecule has 0 saturated heterocycles. The highest BCUT2D eigenvalue weighted by atomic mass is 79.9. The minimum absolute atomic E-state index is 0.358. The number of hydrogen-bond acceptors (Lipinski definition) is 7. The van der Waals surface area contributed by atoms with E-state index >= 15 is 0 Å². The average Bonchev–Trinajstić information content (AvgIpc) is 2.84. The first-order valence-corrected chi connectivity index (χ1v) is 5.66. The summed E-state index contributed by atoms with van der Waals surface area (Å²) in [5.74, 6) is 6.27. The van der Waals surface area contributed by atoms with Crippen LogP contribution in [-0.2, 0) is 6.54 Å². The SMILES string of the molecule is NNc1ncc(Br)c(NCCn2ccnn2)n1. The van der Waals surface area contributed by atoms with Gasteiger partial charge in [0, 0.05) is 18.9 Å². The zero-order valence-corrected chi connectivity index (χ0v) is 10.4. The molecule has 2 heterocycles. The Morgan fingerprint density at radius 1 is 1.47 bits per heavy atom. The van der Waals surface area contributed by atoms with E-state index < -0.39 is 0 Å². The number of nitrogens with zero attached hydrogens (tertiary/aromatic N) is 5. The van der Waals surface area contributed by atoms with E-state index in [-0.39, 0.29) is 0 Å². The molecule has 0 aliphatic heterocycles. The minimum atomic E-state index is 0.358. The lowest BCUT2D eigenvalue weighted by atomic mass is 10.5. The van der Waals surface area contributed by atoms with Crippen molar-refractivity contribution in [1.82, 2.24) is 25.0 Å². The molecule has 0 radical (unpaired) electrons. The molecule has 0 aliphatic rings. The summed E-state index contributed by atoms with van der Waals surface area (Å²) in [6.07, 6.45) is 5.06. The van der Waals surface area contributed by atoms with Crippen molar-refractivity contribution in [1.29, 1.82) is 0 Å². The molecule has 0 atom stereocenters. The summed E-state index contributed by atoms with van der Waals surface area (Å²) in [6.45, 7) is 1.37. The van der Waals surface area contributed by atoms with Gasteiger partial charge in [0.25, 0.3) is 0 Å². The van der Waals surface area contributed by atoms with E-state index in [1.807, 2.05) is 0 Å². The van der Waals surface area contributed by atoms with Crippen molar-refractivity contribution in [2.45, 2.75) is 6.54 Å². The number of rotatable bonds is 5. The molecule has 0 amide bonds. The van der Waals surface area contributed by atoms with E-state index in [2.05, 4.69) is 47.0 Å². The number of aromatic nitrogens is 5. The topological polar surface area (TPSA) is 107 Å². The molecule has 2 aromatic rings. The predicted octanol–water partition coefficient (Wildman–Crippen LogP) is 0.228. The molecule has 0 saturated carbocycles. The highest BCUT2D eigenvalue weighted by Gasteiger charge is 2.03. The van der Waals surface area contributed by atoms with Crippen molar-refractivity contribution in [2.75, 3.05) is 17.3 Å². The van der Waals surface area contributed by atoms with Crippen LogP contribution in [0.25, 0.3) is 0 Å². The zero-order chi connectivity index (χ0) is 12.1. The normalized spacial score (nSPS) is 10.2. The maximum atomic E-state index is 5.23. The monoisotopic (exact) mass is 298 g/mol. The number of nitrogens with one attached hydrogen (secondary N) is 2. The minimum Gasteiger partial charge on any atom is -0.367 e. The second kappa shape index (κ2) is 5.55. The molecule has 0 aromatic carbocycles. The van der Waals surface area contributed by atoms with Crippen molar-refractivity contribution >= 4 is 27.7 Å². The standard InChI is InChI=1S/C8H11BrN8/c9-6-5-12-8(15-10)14-7(6)11-1-3-17-4-2-13-16-17/h2,4-5H,1,3,10H2,(H2,11,12,14,15). The van der Waals surface area contributed by atoms with Crippen molar-refractivity contribution in [3.05, 3.63) is 23.1 Å². The highest BCUT2D eigenvalue weighted by Crippen LogP contribution is 2.19. The quantitative estimate of drug-likeness (QED) is 0.536. The van der Waals surface area contributed by atoms with Gasteiger partial charge in [0.15, 0.2) is 0 Å². The van der Waals surface area contributed by atoms with Gasteiger partial charge in [0.05, 0.1) is 17.2 Å². The summed E-state index contributed by atoms with van der Waals surface area (Å²) < 4.78 is 2.50. The first kappa shape index (κ1) is 11.7. The van der Waals surface area contributed by atoms with Crippen molar-refractivity contribution in [3.8, 4) is 0 Å². The summed E-state index contributed by atoms with van der Waals surface area (Å²) in [6, 6.07) is 0. The third kappa shape index (κ3) is 3.11. The molecule has 2 aromatic heterocycles. The van der Waals surface area contributed by atoms with Gasteiger partial charge in [0.2, 0.25) is 5.95 Å². The fraction of sp³-hybridized carbons (Fsp3) is 0.250. The Morgan fingerprint density at radius 2 is 2.35 bits per heavy atom. The van der Waals surface area contributed by atoms with Crippen LogP contribution in [0.3, 0.4) is 0 Å². The molecule has 4 N–H and O–H groups in total. The van der Waals surface area contributed by atoms with Crippen LogP contribution in [0.5, 0.6) is 0 Å². The fourth-order valence-electron chi connectivity index (χ4n) is 1.20. The van der Waals surface area contributed by atoms with Crippen LogP contribution >= 0.6 is 15.9 Å². The number of halogens is 1. The second-order valence-electron chi connectivity index (χ2n) is 3.13. The largest absolute Gasteiger partial charge is 0.367 e. The number of hydrazine groups is 1. The molecule has 90 valence electrons. The van der Waals surface area contributed by atoms with E-state index in [4.69, 9.17) is 5.84 Å². The first-order chi connectivity index (χ1) is 8.29. The Kier molecular flexibility index (Phi) is 3.83. The third-order valence-electron chi connectivity index (χ3n) is 1.98. The molecule has 9 heteroatoms. The smallest absolute Gasteiger partial charge is 0.239 e. The van der Waals surface area contributed by atoms with Crippen LogP contribution in [-0.4, -0.2) is 31.5 Å².